The van der Waals surface area contributed by atoms with Crippen molar-refractivity contribution < 1.29 is 18.9 Å². The van der Waals surface area contributed by atoms with Crippen molar-refractivity contribution in [3.63, 3.8) is 0 Å². The van der Waals surface area contributed by atoms with E-state index in [0.29, 0.717) is 28.6 Å². The summed E-state index contributed by atoms with van der Waals surface area (Å²) >= 11 is 0. The largest absolute Gasteiger partial charge is 0.496 e. The van der Waals surface area contributed by atoms with Crippen molar-refractivity contribution >= 4 is 5.69 Å². The molecule has 0 fully saturated rings. The molecule has 1 unspecified atom stereocenters. The Balaban J connectivity index is 2.27. The van der Waals surface area contributed by atoms with Crippen LogP contribution in [-0.2, 0) is 0 Å². The Morgan fingerprint density at radius 3 is 2.18 bits per heavy atom. The number of allylic oxidation sites excluding steroid dienone is 1. The molecule has 0 radical (unpaired) electrons. The zero-order valence-electron chi connectivity index (χ0n) is 16.6. The van der Waals surface area contributed by atoms with Crippen LogP contribution in [0.1, 0.15) is 17.0 Å². The van der Waals surface area contributed by atoms with Gasteiger partial charge in [0.05, 0.1) is 27.2 Å². The van der Waals surface area contributed by atoms with Crippen molar-refractivity contribution in [3.8, 4) is 29.1 Å². The fourth-order valence-electron chi connectivity index (χ4n) is 3.32. The number of nitrogens with two attached hydrogens (primary N) is 1. The van der Waals surface area contributed by atoms with Crippen LogP contribution in [0.4, 0.5) is 5.69 Å². The minimum absolute atomic E-state index is 0.0766. The molecule has 0 spiro atoms. The van der Waals surface area contributed by atoms with Crippen molar-refractivity contribution in [2.75, 3.05) is 40.3 Å². The molecule has 1 heterocycles. The molecule has 146 valence electrons. The lowest BCUT2D eigenvalue weighted by molar-refractivity contribution is 0.346. The van der Waals surface area contributed by atoms with Gasteiger partial charge in [-0.25, -0.2) is 0 Å². The molecule has 0 aliphatic carbocycles. The predicted octanol–water partition coefficient (Wildman–Crippen LogP) is 3.00. The third kappa shape index (κ3) is 3.14. The average Bonchev–Trinajstić information content (AvgIpc) is 2.71. The molecule has 1 aliphatic rings. The third-order valence-corrected chi connectivity index (χ3v) is 4.77. The molecule has 3 rings (SSSR count). The lowest BCUT2D eigenvalue weighted by Gasteiger charge is -2.29. The molecule has 0 saturated heterocycles. The molecule has 2 aromatic carbocycles. The van der Waals surface area contributed by atoms with Crippen molar-refractivity contribution in [2.45, 2.75) is 5.92 Å². The molecule has 7 nitrogen and oxygen atoms in total. The first-order valence-corrected chi connectivity index (χ1v) is 8.63. The second-order valence-corrected chi connectivity index (χ2v) is 6.49. The third-order valence-electron chi connectivity index (χ3n) is 4.77. The normalized spacial score (nSPS) is 15.2. The summed E-state index contributed by atoms with van der Waals surface area (Å²) in [5.41, 5.74) is 8.94. The fourth-order valence-corrected chi connectivity index (χ4v) is 3.32. The van der Waals surface area contributed by atoms with Crippen LogP contribution in [0.25, 0.3) is 0 Å². The van der Waals surface area contributed by atoms with Gasteiger partial charge >= 0.3 is 0 Å². The summed E-state index contributed by atoms with van der Waals surface area (Å²) in [6.07, 6.45) is 0. The van der Waals surface area contributed by atoms with Crippen LogP contribution in [-0.4, -0.2) is 35.4 Å². The van der Waals surface area contributed by atoms with Gasteiger partial charge in [0.2, 0.25) is 5.88 Å². The lowest BCUT2D eigenvalue weighted by Crippen LogP contribution is -2.22. The highest BCUT2D eigenvalue weighted by Gasteiger charge is 2.33. The summed E-state index contributed by atoms with van der Waals surface area (Å²) in [5, 5.41) is 9.78. The molecule has 7 heteroatoms. The summed E-state index contributed by atoms with van der Waals surface area (Å²) in [6.45, 7) is 0. The predicted molar refractivity (Wildman–Crippen MR) is 106 cm³/mol. The second kappa shape index (κ2) is 7.61. The molecule has 0 aromatic heterocycles. The van der Waals surface area contributed by atoms with Crippen LogP contribution >= 0.6 is 0 Å². The first-order valence-electron chi connectivity index (χ1n) is 8.63. The van der Waals surface area contributed by atoms with Crippen LogP contribution in [0, 0.1) is 11.3 Å². The molecule has 2 aromatic rings. The van der Waals surface area contributed by atoms with E-state index < -0.39 is 5.92 Å². The maximum atomic E-state index is 9.78. The van der Waals surface area contributed by atoms with E-state index in [1.807, 2.05) is 43.3 Å². The van der Waals surface area contributed by atoms with E-state index in [0.717, 1.165) is 16.8 Å². The maximum absolute atomic E-state index is 9.78. The number of nitrogens with zero attached hydrogens (tertiary/aromatic N) is 2. The van der Waals surface area contributed by atoms with E-state index in [1.165, 1.54) is 0 Å². The Morgan fingerprint density at radius 2 is 1.61 bits per heavy atom. The van der Waals surface area contributed by atoms with Gasteiger partial charge in [-0.2, -0.15) is 5.26 Å². The Kier molecular flexibility index (Phi) is 5.23. The van der Waals surface area contributed by atoms with Gasteiger partial charge in [0.1, 0.15) is 23.1 Å². The van der Waals surface area contributed by atoms with Crippen molar-refractivity contribution in [2.24, 2.45) is 5.73 Å². The van der Waals surface area contributed by atoms with Crippen LogP contribution in [0.2, 0.25) is 0 Å². The second-order valence-electron chi connectivity index (χ2n) is 6.49. The van der Waals surface area contributed by atoms with E-state index in [2.05, 4.69) is 6.07 Å². The zero-order valence-corrected chi connectivity index (χ0v) is 16.6. The maximum Gasteiger partial charge on any atom is 0.205 e. The number of fused-ring (bicyclic) bond motifs is 1. The molecule has 28 heavy (non-hydrogen) atoms. The molecule has 0 saturated carbocycles. The molecule has 0 bridgehead atoms. The molecule has 1 atom stereocenters. The fraction of sp³-hybridized carbons (Fsp3) is 0.286. The van der Waals surface area contributed by atoms with E-state index in [4.69, 9.17) is 24.7 Å². The Hall–Kier alpha value is -3.53. The summed E-state index contributed by atoms with van der Waals surface area (Å²) in [5.74, 6) is 1.85. The standard InChI is InChI=1S/C21H23N3O4/c1-24(2)12-6-7-13-17(8-12)28-21(23)15(11-22)20(13)14-9-18(26-4)19(27-5)10-16(14)25-3/h6-10,20H,23H2,1-5H3. The number of hydrogen-bond acceptors (Lipinski definition) is 7. The van der Waals surface area contributed by atoms with E-state index >= 15 is 0 Å². The van der Waals surface area contributed by atoms with Crippen LogP contribution < -0.4 is 29.6 Å². The number of ether oxygens (including phenoxy) is 4. The SMILES string of the molecule is COc1cc(OC)c(C2C(C#N)=C(N)Oc3cc(N(C)C)ccc32)cc1OC. The van der Waals surface area contributed by atoms with E-state index in [9.17, 15) is 5.26 Å². The molecule has 2 N–H and O–H groups in total. The minimum Gasteiger partial charge on any atom is -0.496 e. The molecular formula is C21H23N3O4. The highest BCUT2D eigenvalue weighted by atomic mass is 16.5. The first kappa shape index (κ1) is 19.2. The summed E-state index contributed by atoms with van der Waals surface area (Å²) in [4.78, 5) is 1.97. The number of methoxy groups -OCH3 is 3. The smallest absolute Gasteiger partial charge is 0.205 e. The monoisotopic (exact) mass is 381 g/mol. The zero-order chi connectivity index (χ0) is 20.4. The number of nitriles is 1. The van der Waals surface area contributed by atoms with Crippen molar-refractivity contribution in [1.82, 2.24) is 0 Å². The Bertz CT molecular complexity index is 976. The molecular weight excluding hydrogens is 358 g/mol. The van der Waals surface area contributed by atoms with Gasteiger partial charge in [-0.05, 0) is 12.1 Å². The van der Waals surface area contributed by atoms with E-state index in [-0.39, 0.29) is 5.88 Å². The van der Waals surface area contributed by atoms with Gasteiger partial charge in [-0.3, -0.25) is 0 Å². The highest BCUT2D eigenvalue weighted by molar-refractivity contribution is 5.64. The Labute approximate surface area is 164 Å². The van der Waals surface area contributed by atoms with Gasteiger partial charge in [0.15, 0.2) is 11.5 Å². The van der Waals surface area contributed by atoms with Crippen molar-refractivity contribution in [1.29, 1.82) is 5.26 Å². The summed E-state index contributed by atoms with van der Waals surface area (Å²) in [7, 11) is 8.57. The van der Waals surface area contributed by atoms with Gasteiger partial charge in [0, 0.05) is 43.0 Å². The number of rotatable bonds is 5. The molecule has 0 amide bonds. The van der Waals surface area contributed by atoms with Crippen LogP contribution in [0.3, 0.4) is 0 Å². The van der Waals surface area contributed by atoms with Crippen LogP contribution in [0.15, 0.2) is 41.8 Å². The highest BCUT2D eigenvalue weighted by Crippen LogP contribution is 2.48. The number of anilines is 1. The molecule has 1 aliphatic heterocycles. The van der Waals surface area contributed by atoms with E-state index in [1.54, 1.807) is 27.4 Å². The topological polar surface area (TPSA) is 90.0 Å². The lowest BCUT2D eigenvalue weighted by atomic mass is 9.82. The van der Waals surface area contributed by atoms with Gasteiger partial charge in [-0.1, -0.05) is 6.07 Å². The average molecular weight is 381 g/mol. The minimum atomic E-state index is -0.459. The first-order chi connectivity index (χ1) is 13.4. The number of hydrogen-bond donors (Lipinski definition) is 1. The Morgan fingerprint density at radius 1 is 0.964 bits per heavy atom. The van der Waals surface area contributed by atoms with Crippen molar-refractivity contribution in [3.05, 3.63) is 52.9 Å². The quantitative estimate of drug-likeness (QED) is 0.851. The van der Waals surface area contributed by atoms with Gasteiger partial charge in [-0.15, -0.1) is 0 Å². The summed E-state index contributed by atoms with van der Waals surface area (Å²) in [6, 6.07) is 11.5. The summed E-state index contributed by atoms with van der Waals surface area (Å²) < 4.78 is 22.2. The van der Waals surface area contributed by atoms with Gasteiger partial charge < -0.3 is 29.6 Å². The van der Waals surface area contributed by atoms with Crippen LogP contribution in [0.5, 0.6) is 23.0 Å². The number of benzene rings is 2. The van der Waals surface area contributed by atoms with Gasteiger partial charge in [0.25, 0.3) is 0 Å².